The molecule has 1 saturated heterocycles. The van der Waals surface area contributed by atoms with Gasteiger partial charge in [0.05, 0.1) is 30.1 Å². The van der Waals surface area contributed by atoms with Gasteiger partial charge in [0, 0.05) is 36.9 Å². The Morgan fingerprint density at radius 1 is 1.21 bits per heavy atom. The number of aromatic amines is 1. The maximum atomic E-state index is 12.8. The van der Waals surface area contributed by atoms with Gasteiger partial charge in [0.25, 0.3) is 17.6 Å². The first-order chi connectivity index (χ1) is 16.6. The number of amides is 1. The zero-order valence-corrected chi connectivity index (χ0v) is 18.9. The van der Waals surface area contributed by atoms with E-state index >= 15 is 0 Å². The number of aromatic nitrogens is 4. The number of rotatable bonds is 4. The topological polar surface area (TPSA) is 129 Å². The first kappa shape index (κ1) is 20.4. The molecule has 4 aliphatic carbocycles. The molecule has 4 saturated carbocycles. The Labute approximate surface area is 196 Å². The predicted molar refractivity (Wildman–Crippen MR) is 122 cm³/mol. The van der Waals surface area contributed by atoms with Crippen molar-refractivity contribution in [3.8, 4) is 11.5 Å². The predicted octanol–water partition coefficient (Wildman–Crippen LogP) is 2.44. The van der Waals surface area contributed by atoms with Crippen molar-refractivity contribution >= 4 is 22.6 Å². The van der Waals surface area contributed by atoms with Gasteiger partial charge in [-0.2, -0.15) is 4.98 Å². The third kappa shape index (κ3) is 3.23. The summed E-state index contributed by atoms with van der Waals surface area (Å²) in [7, 11) is 0. The fraction of sp³-hybridized carbons (Fsp3) is 0.583. The third-order valence-electron chi connectivity index (χ3n) is 8.28. The van der Waals surface area contributed by atoms with E-state index in [0.717, 1.165) is 48.8 Å². The number of hydrogen-bond donors (Lipinski definition) is 3. The second-order valence-electron chi connectivity index (χ2n) is 10.5. The van der Waals surface area contributed by atoms with Gasteiger partial charge in [-0.05, 0) is 55.9 Å². The highest BCUT2D eigenvalue weighted by molar-refractivity contribution is 5.97. The standard InChI is InChI=1S/C24H28N6O4/c31-23(30-3-5-33-6-4-30)21-28-22(34-29-21)17-12-26-20-16(1-2-25-20)19(17)27-18-14-7-13-8-15(18)11-24(32,9-13)10-14/h1-2,12-15,18,32H,3-11H2,(H2,25,26,27)/t13?,14?,15?,18-,24+. The van der Waals surface area contributed by atoms with Crippen LogP contribution in [0.3, 0.4) is 0 Å². The number of carbonyl (C=O) groups is 1. The summed E-state index contributed by atoms with van der Waals surface area (Å²) in [6.07, 6.45) is 8.57. The number of pyridine rings is 1. The van der Waals surface area contributed by atoms with Gasteiger partial charge in [0.1, 0.15) is 5.65 Å². The Morgan fingerprint density at radius 2 is 2.00 bits per heavy atom. The highest BCUT2D eigenvalue weighted by Crippen LogP contribution is 2.56. The number of nitrogens with zero attached hydrogens (tertiary/aromatic N) is 4. The number of nitrogens with one attached hydrogen (secondary N) is 2. The Hall–Kier alpha value is -2.98. The molecule has 0 radical (unpaired) electrons. The average molecular weight is 465 g/mol. The van der Waals surface area contributed by atoms with Crippen LogP contribution in [0.5, 0.6) is 0 Å². The van der Waals surface area contributed by atoms with Crippen LogP contribution in [-0.2, 0) is 4.74 Å². The minimum atomic E-state index is -0.486. The quantitative estimate of drug-likeness (QED) is 0.537. The van der Waals surface area contributed by atoms with E-state index < -0.39 is 5.60 Å². The van der Waals surface area contributed by atoms with Crippen molar-refractivity contribution in [3.05, 3.63) is 24.3 Å². The lowest BCUT2D eigenvalue weighted by Gasteiger charge is -2.58. The van der Waals surface area contributed by atoms with E-state index in [1.54, 1.807) is 11.1 Å². The summed E-state index contributed by atoms with van der Waals surface area (Å²) in [6, 6.07) is 2.27. The molecular weight excluding hydrogens is 436 g/mol. The van der Waals surface area contributed by atoms with Crippen molar-refractivity contribution in [2.24, 2.45) is 17.8 Å². The van der Waals surface area contributed by atoms with Gasteiger partial charge in [0.2, 0.25) is 0 Å². The summed E-state index contributed by atoms with van der Waals surface area (Å²) in [6.45, 7) is 2.06. The van der Waals surface area contributed by atoms with Gasteiger partial charge in [-0.3, -0.25) is 4.79 Å². The molecule has 10 nitrogen and oxygen atoms in total. The summed E-state index contributed by atoms with van der Waals surface area (Å²) in [5.74, 6) is 1.58. The molecule has 178 valence electrons. The molecule has 3 N–H and O–H groups in total. The molecule has 1 amide bonds. The van der Waals surface area contributed by atoms with Crippen LogP contribution in [0.2, 0.25) is 0 Å². The van der Waals surface area contributed by atoms with Crippen molar-refractivity contribution in [2.45, 2.75) is 43.7 Å². The van der Waals surface area contributed by atoms with Gasteiger partial charge in [-0.15, -0.1) is 0 Å². The van der Waals surface area contributed by atoms with Crippen molar-refractivity contribution in [1.29, 1.82) is 0 Å². The summed E-state index contributed by atoms with van der Waals surface area (Å²) in [5.41, 5.74) is 1.87. The fourth-order valence-electron chi connectivity index (χ4n) is 7.04. The monoisotopic (exact) mass is 464 g/mol. The summed E-state index contributed by atoms with van der Waals surface area (Å²) in [4.78, 5) is 26.7. The number of ether oxygens (including phenoxy) is 1. The molecule has 5 aliphatic rings. The molecule has 0 aromatic carbocycles. The molecule has 4 bridgehead atoms. The fourth-order valence-corrected chi connectivity index (χ4v) is 7.04. The Bertz CT molecular complexity index is 1230. The average Bonchev–Trinajstić information content (AvgIpc) is 3.50. The molecule has 8 rings (SSSR count). The smallest absolute Gasteiger partial charge is 0.295 e. The molecular formula is C24H28N6O4. The molecule has 0 spiro atoms. The number of fused-ring (bicyclic) bond motifs is 1. The number of carbonyl (C=O) groups excluding carboxylic acids is 1. The molecule has 34 heavy (non-hydrogen) atoms. The van der Waals surface area contributed by atoms with E-state index in [2.05, 4.69) is 25.4 Å². The van der Waals surface area contributed by atoms with Crippen LogP contribution in [0.4, 0.5) is 5.69 Å². The Morgan fingerprint density at radius 3 is 2.76 bits per heavy atom. The van der Waals surface area contributed by atoms with Crippen molar-refractivity contribution in [1.82, 2.24) is 25.0 Å². The van der Waals surface area contributed by atoms with Crippen molar-refractivity contribution in [2.75, 3.05) is 31.6 Å². The largest absolute Gasteiger partial charge is 0.390 e. The lowest BCUT2D eigenvalue weighted by molar-refractivity contribution is -0.129. The summed E-state index contributed by atoms with van der Waals surface area (Å²) in [5, 5.41) is 19.8. The number of H-pyrrole nitrogens is 1. The minimum absolute atomic E-state index is 0.0499. The third-order valence-corrected chi connectivity index (χ3v) is 8.28. The molecule has 1 aliphatic heterocycles. The van der Waals surface area contributed by atoms with E-state index in [1.807, 2.05) is 12.3 Å². The number of aliphatic hydroxyl groups is 1. The normalized spacial score (nSPS) is 32.4. The van der Waals surface area contributed by atoms with Crippen LogP contribution < -0.4 is 5.32 Å². The molecule has 10 heteroatoms. The first-order valence-electron chi connectivity index (χ1n) is 12.2. The van der Waals surface area contributed by atoms with E-state index in [-0.39, 0.29) is 23.7 Å². The van der Waals surface area contributed by atoms with Crippen LogP contribution in [0.1, 0.15) is 42.7 Å². The Balaban J connectivity index is 1.23. The number of morpholine rings is 1. The van der Waals surface area contributed by atoms with Crippen molar-refractivity contribution < 1.29 is 19.2 Å². The number of anilines is 1. The Kier molecular flexibility index (Phi) is 4.51. The van der Waals surface area contributed by atoms with E-state index in [4.69, 9.17) is 9.26 Å². The van der Waals surface area contributed by atoms with Gasteiger partial charge in [-0.25, -0.2) is 4.98 Å². The molecule has 2 atom stereocenters. The molecule has 3 aromatic rings. The molecule has 2 unspecified atom stereocenters. The van der Waals surface area contributed by atoms with Crippen LogP contribution in [0.25, 0.3) is 22.5 Å². The molecule has 4 heterocycles. The minimum Gasteiger partial charge on any atom is -0.390 e. The second kappa shape index (κ2) is 7.51. The van der Waals surface area contributed by atoms with E-state index in [0.29, 0.717) is 49.6 Å². The van der Waals surface area contributed by atoms with Gasteiger partial charge < -0.3 is 29.6 Å². The highest BCUT2D eigenvalue weighted by Gasteiger charge is 2.54. The second-order valence-corrected chi connectivity index (χ2v) is 10.5. The maximum Gasteiger partial charge on any atom is 0.295 e. The summed E-state index contributed by atoms with van der Waals surface area (Å²) >= 11 is 0. The zero-order valence-electron chi connectivity index (χ0n) is 18.9. The van der Waals surface area contributed by atoms with Crippen LogP contribution in [0, 0.1) is 17.8 Å². The zero-order chi connectivity index (χ0) is 22.9. The van der Waals surface area contributed by atoms with E-state index in [1.165, 1.54) is 0 Å². The van der Waals surface area contributed by atoms with Crippen LogP contribution >= 0.6 is 0 Å². The maximum absolute atomic E-state index is 12.8. The highest BCUT2D eigenvalue weighted by atomic mass is 16.5. The van der Waals surface area contributed by atoms with Gasteiger partial charge in [0.15, 0.2) is 0 Å². The van der Waals surface area contributed by atoms with Crippen LogP contribution in [0.15, 0.2) is 23.0 Å². The van der Waals surface area contributed by atoms with Gasteiger partial charge >= 0.3 is 0 Å². The molecule has 5 fully saturated rings. The lowest BCUT2D eigenvalue weighted by Crippen LogP contribution is -2.59. The van der Waals surface area contributed by atoms with Crippen LogP contribution in [-0.4, -0.2) is 74.0 Å². The first-order valence-corrected chi connectivity index (χ1v) is 12.2. The summed E-state index contributed by atoms with van der Waals surface area (Å²) < 4.78 is 10.9. The number of hydrogen-bond acceptors (Lipinski definition) is 8. The van der Waals surface area contributed by atoms with Crippen molar-refractivity contribution in [3.63, 3.8) is 0 Å². The SMILES string of the molecule is O=C(c1noc(-c2cnc3[nH]ccc3c2N[C@H]2C3CC4CC2C[C@@](O)(C4)C3)n1)N1CCOCC1. The molecule has 3 aromatic heterocycles. The lowest BCUT2D eigenvalue weighted by atomic mass is 9.52. The van der Waals surface area contributed by atoms with E-state index in [9.17, 15) is 9.90 Å². The van der Waals surface area contributed by atoms with Gasteiger partial charge in [-0.1, -0.05) is 5.16 Å².